The molecule has 2 aliphatic rings. The number of hydrogen-bond acceptors (Lipinski definition) is 7. The van der Waals surface area contributed by atoms with Crippen molar-refractivity contribution >= 4 is 22.9 Å². The fraction of sp³-hybridized carbons (Fsp3) is 0.522. The van der Waals surface area contributed by atoms with Gasteiger partial charge in [-0.15, -0.1) is 0 Å². The molecule has 0 spiro atoms. The van der Waals surface area contributed by atoms with E-state index in [1.165, 1.54) is 0 Å². The van der Waals surface area contributed by atoms with Crippen molar-refractivity contribution in [3.05, 3.63) is 41.3 Å². The second-order valence-electron chi connectivity index (χ2n) is 8.16. The Bertz CT molecular complexity index is 944. The van der Waals surface area contributed by atoms with Gasteiger partial charge in [0.2, 0.25) is 11.8 Å². The van der Waals surface area contributed by atoms with Crippen LogP contribution in [0.4, 0.5) is 4.79 Å². The minimum absolute atomic E-state index is 0.114. The molecule has 1 saturated heterocycles. The molecule has 1 aliphatic heterocycles. The van der Waals surface area contributed by atoms with Crippen molar-refractivity contribution < 1.29 is 23.5 Å². The topological polar surface area (TPSA) is 90.7 Å². The fourth-order valence-corrected chi connectivity index (χ4v) is 4.79. The van der Waals surface area contributed by atoms with Gasteiger partial charge in [0.15, 0.2) is 0 Å². The minimum atomic E-state index is -0.333. The molecule has 0 bridgehead atoms. The lowest BCUT2D eigenvalue weighted by Crippen LogP contribution is -2.30. The first-order chi connectivity index (χ1) is 15.0. The van der Waals surface area contributed by atoms with Gasteiger partial charge in [-0.3, -0.25) is 14.9 Å². The number of aryl methyl sites for hydroxylation is 2. The Morgan fingerprint density at radius 3 is 2.74 bits per heavy atom. The van der Waals surface area contributed by atoms with Crippen LogP contribution in [-0.4, -0.2) is 40.2 Å². The van der Waals surface area contributed by atoms with Gasteiger partial charge < -0.3 is 13.9 Å². The summed E-state index contributed by atoms with van der Waals surface area (Å²) in [5, 5.41) is 1.71. The Morgan fingerprint density at radius 1 is 1.19 bits per heavy atom. The molecule has 7 nitrogen and oxygen atoms in total. The predicted molar refractivity (Wildman–Crippen MR) is 118 cm³/mol. The minimum Gasteiger partial charge on any atom is -0.441 e. The van der Waals surface area contributed by atoms with Crippen LogP contribution in [0.2, 0.25) is 0 Å². The first kappa shape index (κ1) is 22.0. The van der Waals surface area contributed by atoms with Crippen molar-refractivity contribution in [2.24, 2.45) is 0 Å². The van der Waals surface area contributed by atoms with E-state index in [4.69, 9.17) is 13.9 Å². The normalized spacial score (nSPS) is 23.9. The van der Waals surface area contributed by atoms with Gasteiger partial charge in [-0.2, -0.15) is 0 Å². The summed E-state index contributed by atoms with van der Waals surface area (Å²) in [5.41, 5.74) is 2.96. The zero-order valence-corrected chi connectivity index (χ0v) is 18.7. The summed E-state index contributed by atoms with van der Waals surface area (Å²) in [6, 6.07) is 8.10. The molecule has 1 aliphatic carbocycles. The highest BCUT2D eigenvalue weighted by Gasteiger charge is 2.31. The molecule has 1 aromatic carbocycles. The van der Waals surface area contributed by atoms with E-state index in [1.54, 1.807) is 0 Å². The van der Waals surface area contributed by atoms with Gasteiger partial charge in [0.25, 0.3) is 5.24 Å². The second kappa shape index (κ2) is 9.97. The number of hydrogen-bond donors (Lipinski definition) is 1. The van der Waals surface area contributed by atoms with Crippen molar-refractivity contribution in [3.63, 3.8) is 0 Å². The molecule has 166 valence electrons. The van der Waals surface area contributed by atoms with Crippen molar-refractivity contribution in [3.8, 4) is 11.5 Å². The molecular formula is C23H28N2O5S. The van der Waals surface area contributed by atoms with Gasteiger partial charge in [-0.05, 0) is 58.1 Å². The van der Waals surface area contributed by atoms with E-state index in [0.29, 0.717) is 25.5 Å². The van der Waals surface area contributed by atoms with Crippen molar-refractivity contribution in [1.29, 1.82) is 0 Å². The molecule has 3 unspecified atom stereocenters. The van der Waals surface area contributed by atoms with E-state index in [2.05, 4.69) is 16.4 Å². The Labute approximate surface area is 186 Å². The highest BCUT2D eigenvalue weighted by molar-refractivity contribution is 8.15. The summed E-state index contributed by atoms with van der Waals surface area (Å²) in [7, 11) is 0. The van der Waals surface area contributed by atoms with Gasteiger partial charge >= 0.3 is 0 Å². The molecule has 1 aromatic heterocycles. The third-order valence-electron chi connectivity index (χ3n) is 5.69. The fourth-order valence-electron chi connectivity index (χ4n) is 3.99. The summed E-state index contributed by atoms with van der Waals surface area (Å²) in [5.74, 6) is 1.19. The number of carbonyl (C=O) groups excluding carboxylic acids is 2. The van der Waals surface area contributed by atoms with E-state index in [-0.39, 0.29) is 28.6 Å². The molecular weight excluding hydrogens is 416 g/mol. The molecule has 31 heavy (non-hydrogen) atoms. The lowest BCUT2D eigenvalue weighted by molar-refractivity contribution is -0.119. The van der Waals surface area contributed by atoms with Crippen molar-refractivity contribution in [2.45, 2.75) is 70.0 Å². The third-order valence-corrected chi connectivity index (χ3v) is 6.74. The zero-order chi connectivity index (χ0) is 21.8. The summed E-state index contributed by atoms with van der Waals surface area (Å²) in [4.78, 5) is 27.5. The van der Waals surface area contributed by atoms with E-state index >= 15 is 0 Å². The standard InChI is InChI=1S/C23H28N2O5S/c1-14-5-3-6-16(11-14)22-24-19(15(2)30-22)13-29-18-8-4-7-17(12-18)28-10-9-20-21(26)25-23(27)31-20/h3,5-6,11,17-18,20H,4,7-10,12-13H2,1-2H3,(H,25,26,27). The summed E-state index contributed by atoms with van der Waals surface area (Å²) in [6.07, 6.45) is 4.63. The SMILES string of the molecule is Cc1cccc(-c2nc(COC3CCCC(OCCC4SC(=O)NC4=O)C3)c(C)o2)c1. The maximum Gasteiger partial charge on any atom is 0.286 e. The third kappa shape index (κ3) is 5.75. The molecule has 1 N–H and O–H groups in total. The number of aromatic nitrogens is 1. The summed E-state index contributed by atoms with van der Waals surface area (Å²) >= 11 is 1.05. The smallest absolute Gasteiger partial charge is 0.286 e. The van der Waals surface area contributed by atoms with E-state index in [0.717, 1.165) is 60.0 Å². The van der Waals surface area contributed by atoms with Crippen LogP contribution in [0.5, 0.6) is 0 Å². The molecule has 4 rings (SSSR count). The number of amides is 2. The summed E-state index contributed by atoms with van der Waals surface area (Å²) < 4.78 is 18.0. The number of thioether (sulfide) groups is 1. The first-order valence-corrected chi connectivity index (χ1v) is 11.6. The lowest BCUT2D eigenvalue weighted by atomic mass is 9.95. The van der Waals surface area contributed by atoms with Crippen molar-refractivity contribution in [2.75, 3.05) is 6.61 Å². The van der Waals surface area contributed by atoms with Gasteiger partial charge in [0, 0.05) is 12.2 Å². The van der Waals surface area contributed by atoms with Crippen molar-refractivity contribution in [1.82, 2.24) is 10.3 Å². The maximum atomic E-state index is 11.6. The van der Waals surface area contributed by atoms with E-state index in [1.807, 2.05) is 32.0 Å². The monoisotopic (exact) mass is 444 g/mol. The highest BCUT2D eigenvalue weighted by Crippen LogP contribution is 2.28. The van der Waals surface area contributed by atoms with Gasteiger partial charge in [-0.1, -0.05) is 29.5 Å². The van der Waals surface area contributed by atoms with Crippen LogP contribution in [0, 0.1) is 13.8 Å². The van der Waals surface area contributed by atoms with Gasteiger partial charge in [0.05, 0.1) is 24.1 Å². The largest absolute Gasteiger partial charge is 0.441 e. The number of nitrogens with zero attached hydrogens (tertiary/aromatic N) is 1. The average molecular weight is 445 g/mol. The molecule has 1 saturated carbocycles. The van der Waals surface area contributed by atoms with Crippen LogP contribution in [0.1, 0.15) is 49.1 Å². The molecule has 0 radical (unpaired) electrons. The first-order valence-electron chi connectivity index (χ1n) is 10.8. The maximum absolute atomic E-state index is 11.6. The molecule has 2 aromatic rings. The molecule has 2 heterocycles. The quantitative estimate of drug-likeness (QED) is 0.639. The number of imide groups is 1. The van der Waals surface area contributed by atoms with Crippen LogP contribution >= 0.6 is 11.8 Å². The van der Waals surface area contributed by atoms with Crippen LogP contribution in [0.25, 0.3) is 11.5 Å². The molecule has 8 heteroatoms. The number of rotatable bonds is 8. The molecule has 2 amide bonds. The summed E-state index contributed by atoms with van der Waals surface area (Å²) in [6.45, 7) is 4.85. The van der Waals surface area contributed by atoms with E-state index < -0.39 is 0 Å². The highest BCUT2D eigenvalue weighted by atomic mass is 32.2. The lowest BCUT2D eigenvalue weighted by Gasteiger charge is -2.29. The number of oxazole rings is 1. The Balaban J connectivity index is 1.24. The Kier molecular flexibility index (Phi) is 7.09. The van der Waals surface area contributed by atoms with Crippen LogP contribution < -0.4 is 5.32 Å². The Hall–Kier alpha value is -2.16. The average Bonchev–Trinajstić information content (AvgIpc) is 3.28. The van der Waals surface area contributed by atoms with Crippen LogP contribution in [-0.2, 0) is 20.9 Å². The number of benzene rings is 1. The zero-order valence-electron chi connectivity index (χ0n) is 17.9. The second-order valence-corrected chi connectivity index (χ2v) is 9.33. The van der Waals surface area contributed by atoms with Gasteiger partial charge in [-0.25, -0.2) is 4.98 Å². The predicted octanol–water partition coefficient (Wildman–Crippen LogP) is 4.54. The Morgan fingerprint density at radius 2 is 2.00 bits per heavy atom. The van der Waals surface area contributed by atoms with Gasteiger partial charge in [0.1, 0.15) is 11.5 Å². The van der Waals surface area contributed by atoms with E-state index in [9.17, 15) is 9.59 Å². The van der Waals surface area contributed by atoms with Crippen LogP contribution in [0.15, 0.2) is 28.7 Å². The molecule has 2 fully saturated rings. The number of nitrogens with one attached hydrogen (secondary N) is 1. The number of carbonyl (C=O) groups is 2. The molecule has 3 atom stereocenters. The number of ether oxygens (including phenoxy) is 2. The van der Waals surface area contributed by atoms with Crippen LogP contribution in [0.3, 0.4) is 0 Å².